The van der Waals surface area contributed by atoms with Crippen LogP contribution in [0.4, 0.5) is 0 Å². The standard InChI is InChI=1S/C14H11NO5/c1-6-3-8(4-7(2)15-6)11-9(16)5-10(17)12(18)14(20)13(11)19/h3-4,19H,5H2,1-2H3. The average molecular weight is 273 g/mol. The number of Topliss-reactive ketones (excluding diaryl/α,β-unsaturated/α-hetero) is 4. The molecule has 102 valence electrons. The number of aliphatic hydroxyl groups excluding tert-OH is 1. The Bertz CT molecular complexity index is 679. The zero-order valence-corrected chi connectivity index (χ0v) is 10.9. The minimum atomic E-state index is -1.37. The number of aryl methyl sites for hydroxylation is 2. The number of carbonyl (C=O) groups is 4. The van der Waals surface area contributed by atoms with Crippen molar-refractivity contribution in [1.82, 2.24) is 4.98 Å². The molecule has 1 aliphatic rings. The summed E-state index contributed by atoms with van der Waals surface area (Å²) in [5.74, 6) is -5.55. The Hall–Kier alpha value is -2.63. The molecule has 0 bridgehead atoms. The Morgan fingerprint density at radius 2 is 1.50 bits per heavy atom. The molecule has 20 heavy (non-hydrogen) atoms. The van der Waals surface area contributed by atoms with Crippen LogP contribution in [-0.2, 0) is 19.2 Å². The van der Waals surface area contributed by atoms with Gasteiger partial charge in [-0.1, -0.05) is 0 Å². The van der Waals surface area contributed by atoms with Crippen LogP contribution in [0.1, 0.15) is 23.4 Å². The Morgan fingerprint density at radius 1 is 0.950 bits per heavy atom. The van der Waals surface area contributed by atoms with E-state index in [0.29, 0.717) is 11.4 Å². The summed E-state index contributed by atoms with van der Waals surface area (Å²) in [6.45, 7) is 3.38. The van der Waals surface area contributed by atoms with Crippen LogP contribution in [0, 0.1) is 13.8 Å². The van der Waals surface area contributed by atoms with E-state index in [1.807, 2.05) is 0 Å². The lowest BCUT2D eigenvalue weighted by Gasteiger charge is -2.07. The van der Waals surface area contributed by atoms with Crippen molar-refractivity contribution in [3.8, 4) is 0 Å². The van der Waals surface area contributed by atoms with Crippen LogP contribution in [0.2, 0.25) is 0 Å². The van der Waals surface area contributed by atoms with Crippen molar-refractivity contribution in [2.75, 3.05) is 0 Å². The lowest BCUT2D eigenvalue weighted by atomic mass is 9.98. The molecule has 0 atom stereocenters. The van der Waals surface area contributed by atoms with Crippen LogP contribution in [0.25, 0.3) is 5.57 Å². The van der Waals surface area contributed by atoms with Crippen LogP contribution in [0.15, 0.2) is 17.9 Å². The zero-order valence-electron chi connectivity index (χ0n) is 10.9. The first-order valence-corrected chi connectivity index (χ1v) is 5.85. The molecule has 0 spiro atoms. The van der Waals surface area contributed by atoms with E-state index >= 15 is 0 Å². The van der Waals surface area contributed by atoms with Gasteiger partial charge in [-0.15, -0.1) is 0 Å². The predicted molar refractivity (Wildman–Crippen MR) is 67.9 cm³/mol. The Balaban J connectivity index is 2.68. The highest BCUT2D eigenvalue weighted by atomic mass is 16.3. The molecule has 0 unspecified atom stereocenters. The molecular weight excluding hydrogens is 262 g/mol. The van der Waals surface area contributed by atoms with E-state index in [4.69, 9.17) is 0 Å². The number of aliphatic hydroxyl groups is 1. The van der Waals surface area contributed by atoms with Crippen molar-refractivity contribution in [1.29, 1.82) is 0 Å². The molecule has 0 aromatic carbocycles. The molecule has 1 aromatic heterocycles. The molecule has 0 saturated carbocycles. The van der Waals surface area contributed by atoms with E-state index in [1.165, 1.54) is 12.1 Å². The fourth-order valence-electron chi connectivity index (χ4n) is 2.07. The van der Waals surface area contributed by atoms with Gasteiger partial charge in [0, 0.05) is 11.4 Å². The van der Waals surface area contributed by atoms with Crippen LogP contribution in [0.3, 0.4) is 0 Å². The van der Waals surface area contributed by atoms with Crippen molar-refractivity contribution in [3.05, 3.63) is 34.8 Å². The summed E-state index contributed by atoms with van der Waals surface area (Å²) >= 11 is 0. The quantitative estimate of drug-likeness (QED) is 0.595. The van der Waals surface area contributed by atoms with E-state index in [9.17, 15) is 24.3 Å². The van der Waals surface area contributed by atoms with Crippen molar-refractivity contribution in [2.24, 2.45) is 0 Å². The van der Waals surface area contributed by atoms with Gasteiger partial charge in [0.05, 0.1) is 12.0 Å². The van der Waals surface area contributed by atoms with E-state index in [0.717, 1.165) is 0 Å². The van der Waals surface area contributed by atoms with E-state index in [-0.39, 0.29) is 11.1 Å². The second-order valence-corrected chi connectivity index (χ2v) is 4.54. The Labute approximate surface area is 114 Å². The SMILES string of the molecule is Cc1cc(C2=C(O)C(=O)C(=O)C(=O)CC2=O)cc(C)n1. The number of rotatable bonds is 1. The number of ketones is 4. The van der Waals surface area contributed by atoms with E-state index in [2.05, 4.69) is 4.98 Å². The number of hydrogen-bond acceptors (Lipinski definition) is 6. The summed E-state index contributed by atoms with van der Waals surface area (Å²) in [6.07, 6.45) is -0.718. The number of aromatic nitrogens is 1. The first-order valence-electron chi connectivity index (χ1n) is 5.85. The van der Waals surface area contributed by atoms with Crippen molar-refractivity contribution >= 4 is 28.7 Å². The monoisotopic (exact) mass is 273 g/mol. The molecule has 6 nitrogen and oxygen atoms in total. The highest BCUT2D eigenvalue weighted by molar-refractivity contribution is 6.70. The molecule has 1 N–H and O–H groups in total. The molecule has 0 fully saturated rings. The Morgan fingerprint density at radius 3 is 2.05 bits per heavy atom. The number of carbonyl (C=O) groups excluding carboxylic acids is 4. The van der Waals surface area contributed by atoms with Gasteiger partial charge in [-0.25, -0.2) is 0 Å². The lowest BCUT2D eigenvalue weighted by Crippen LogP contribution is -2.23. The normalized spacial score (nSPS) is 16.7. The number of allylic oxidation sites excluding steroid dienone is 2. The van der Waals surface area contributed by atoms with Crippen LogP contribution in [-0.4, -0.2) is 33.2 Å². The maximum absolute atomic E-state index is 12.0. The van der Waals surface area contributed by atoms with Crippen molar-refractivity contribution in [2.45, 2.75) is 20.3 Å². The highest BCUT2D eigenvalue weighted by Gasteiger charge is 2.36. The van der Waals surface area contributed by atoms with Crippen molar-refractivity contribution < 1.29 is 24.3 Å². The predicted octanol–water partition coefficient (Wildman–Crippen LogP) is 0.648. The van der Waals surface area contributed by atoms with Gasteiger partial charge in [0.15, 0.2) is 11.5 Å². The van der Waals surface area contributed by atoms with E-state index < -0.39 is 35.3 Å². The summed E-state index contributed by atoms with van der Waals surface area (Å²) in [7, 11) is 0. The summed E-state index contributed by atoms with van der Waals surface area (Å²) < 4.78 is 0. The molecule has 0 amide bonds. The van der Waals surface area contributed by atoms with Gasteiger partial charge in [0.25, 0.3) is 11.6 Å². The first-order chi connectivity index (χ1) is 9.31. The molecule has 1 aromatic rings. The average Bonchev–Trinajstić information content (AvgIpc) is 2.41. The first kappa shape index (κ1) is 13.8. The minimum Gasteiger partial charge on any atom is -0.504 e. The molecular formula is C14H11NO5. The van der Waals surface area contributed by atoms with E-state index in [1.54, 1.807) is 13.8 Å². The summed E-state index contributed by atoms with van der Waals surface area (Å²) in [5.41, 5.74) is 1.14. The minimum absolute atomic E-state index is 0.272. The highest BCUT2D eigenvalue weighted by Crippen LogP contribution is 2.24. The molecule has 2 rings (SSSR count). The number of pyridine rings is 1. The topological polar surface area (TPSA) is 101 Å². The second-order valence-electron chi connectivity index (χ2n) is 4.54. The molecule has 6 heteroatoms. The summed E-state index contributed by atoms with van der Waals surface area (Å²) in [4.78, 5) is 50.4. The molecule has 0 aliphatic heterocycles. The lowest BCUT2D eigenvalue weighted by molar-refractivity contribution is -0.143. The fraction of sp³-hybridized carbons (Fsp3) is 0.214. The molecule has 1 aliphatic carbocycles. The number of hydrogen-bond donors (Lipinski definition) is 1. The zero-order chi connectivity index (χ0) is 15.0. The van der Waals surface area contributed by atoms with Crippen molar-refractivity contribution in [3.63, 3.8) is 0 Å². The van der Waals surface area contributed by atoms with Gasteiger partial charge >= 0.3 is 0 Å². The third kappa shape index (κ3) is 2.27. The van der Waals surface area contributed by atoms with Gasteiger partial charge in [0.1, 0.15) is 0 Å². The van der Waals surface area contributed by atoms with Gasteiger partial charge in [-0.2, -0.15) is 0 Å². The molecule has 1 heterocycles. The molecule has 0 saturated heterocycles. The maximum atomic E-state index is 12.0. The fourth-order valence-corrected chi connectivity index (χ4v) is 2.07. The maximum Gasteiger partial charge on any atom is 0.272 e. The van der Waals surface area contributed by atoms with Gasteiger partial charge in [-0.05, 0) is 31.5 Å². The number of nitrogens with zero attached hydrogens (tertiary/aromatic N) is 1. The smallest absolute Gasteiger partial charge is 0.272 e. The van der Waals surface area contributed by atoms with Gasteiger partial charge < -0.3 is 5.11 Å². The van der Waals surface area contributed by atoms with Gasteiger partial charge in [0.2, 0.25) is 5.78 Å². The summed E-state index contributed by atoms with van der Waals surface area (Å²) in [6, 6.07) is 3.01. The Kier molecular flexibility index (Phi) is 3.31. The third-order valence-electron chi connectivity index (χ3n) is 2.88. The second kappa shape index (κ2) is 4.80. The van der Waals surface area contributed by atoms with Crippen LogP contribution >= 0.6 is 0 Å². The third-order valence-corrected chi connectivity index (χ3v) is 2.88. The van der Waals surface area contributed by atoms with Crippen LogP contribution < -0.4 is 0 Å². The van der Waals surface area contributed by atoms with Crippen LogP contribution in [0.5, 0.6) is 0 Å². The molecule has 0 radical (unpaired) electrons. The van der Waals surface area contributed by atoms with Gasteiger partial charge in [-0.3, -0.25) is 24.2 Å². The largest absolute Gasteiger partial charge is 0.504 e. The summed E-state index contributed by atoms with van der Waals surface area (Å²) in [5, 5.41) is 9.83.